The van der Waals surface area contributed by atoms with Gasteiger partial charge in [-0.05, 0) is 44.1 Å². The van der Waals surface area contributed by atoms with Gasteiger partial charge in [-0.2, -0.15) is 0 Å². The van der Waals surface area contributed by atoms with E-state index in [1.807, 2.05) is 0 Å². The molecule has 0 atom stereocenters. The maximum Gasteiger partial charge on any atom is 0.338 e. The lowest BCUT2D eigenvalue weighted by Crippen LogP contribution is -2.44. The van der Waals surface area contributed by atoms with Crippen LogP contribution < -0.4 is 16.0 Å². The lowest BCUT2D eigenvalue weighted by Gasteiger charge is -2.23. The van der Waals surface area contributed by atoms with E-state index in [0.29, 0.717) is 0 Å². The van der Waals surface area contributed by atoms with E-state index in [0.717, 1.165) is 38.1 Å². The molecular weight excluding hydrogens is 265 g/mol. The van der Waals surface area contributed by atoms with E-state index in [1.165, 1.54) is 6.07 Å². The fourth-order valence-electron chi connectivity index (χ4n) is 2.09. The van der Waals surface area contributed by atoms with Gasteiger partial charge in [-0.3, -0.25) is 0 Å². The number of hydrogen-bond donors (Lipinski definition) is 4. The van der Waals surface area contributed by atoms with E-state index >= 15 is 0 Å². The number of nitrogens with one attached hydrogen (secondary N) is 3. The third-order valence-corrected chi connectivity index (χ3v) is 3.13. The summed E-state index contributed by atoms with van der Waals surface area (Å²) in [7, 11) is 0. The van der Waals surface area contributed by atoms with Crippen LogP contribution in [0.25, 0.3) is 0 Å². The Kier molecular flexibility index (Phi) is 4.52. The van der Waals surface area contributed by atoms with Gasteiger partial charge in [0.15, 0.2) is 0 Å². The van der Waals surface area contributed by atoms with Crippen LogP contribution in [0.4, 0.5) is 14.9 Å². The molecule has 1 aromatic carbocycles. The average molecular weight is 281 g/mol. The number of halogens is 1. The van der Waals surface area contributed by atoms with Gasteiger partial charge in [0.2, 0.25) is 0 Å². The van der Waals surface area contributed by atoms with Gasteiger partial charge in [0.05, 0.1) is 5.56 Å². The molecule has 0 aromatic heterocycles. The molecule has 0 unspecified atom stereocenters. The first-order chi connectivity index (χ1) is 9.56. The van der Waals surface area contributed by atoms with Crippen molar-refractivity contribution < 1.29 is 19.1 Å². The van der Waals surface area contributed by atoms with Crippen LogP contribution >= 0.6 is 0 Å². The molecule has 1 fully saturated rings. The molecule has 0 saturated carbocycles. The first-order valence-electron chi connectivity index (χ1n) is 6.37. The van der Waals surface area contributed by atoms with Crippen molar-refractivity contribution in [1.29, 1.82) is 0 Å². The summed E-state index contributed by atoms with van der Waals surface area (Å²) < 4.78 is 13.2. The van der Waals surface area contributed by atoms with Gasteiger partial charge in [-0.25, -0.2) is 14.0 Å². The number of hydrogen-bond acceptors (Lipinski definition) is 3. The Morgan fingerprint density at radius 3 is 2.65 bits per heavy atom. The standard InChI is InChI=1S/C13H16FN3O3/c14-11-2-1-9(7-10(11)12(18)19)17-13(20)16-8-3-5-15-6-4-8/h1-2,7-8,15H,3-6H2,(H,18,19)(H2,16,17,20). The molecule has 1 aliphatic rings. The smallest absolute Gasteiger partial charge is 0.338 e. The Morgan fingerprint density at radius 1 is 1.30 bits per heavy atom. The zero-order chi connectivity index (χ0) is 14.5. The number of carbonyl (C=O) groups is 2. The number of carboxylic acids is 1. The normalized spacial score (nSPS) is 15.7. The molecule has 1 aliphatic heterocycles. The van der Waals surface area contributed by atoms with Crippen LogP contribution in [0.2, 0.25) is 0 Å². The summed E-state index contributed by atoms with van der Waals surface area (Å²) in [5.41, 5.74) is -0.222. The number of aromatic carboxylic acids is 1. The topological polar surface area (TPSA) is 90.5 Å². The highest BCUT2D eigenvalue weighted by Crippen LogP contribution is 2.15. The summed E-state index contributed by atoms with van der Waals surface area (Å²) in [6.45, 7) is 1.70. The summed E-state index contributed by atoms with van der Waals surface area (Å²) in [4.78, 5) is 22.6. The highest BCUT2D eigenvalue weighted by atomic mass is 19.1. The van der Waals surface area contributed by atoms with Crippen LogP contribution in [0.1, 0.15) is 23.2 Å². The Balaban J connectivity index is 1.96. The van der Waals surface area contributed by atoms with Crippen molar-refractivity contribution >= 4 is 17.7 Å². The molecule has 2 amide bonds. The van der Waals surface area contributed by atoms with Gasteiger partial charge in [0, 0.05) is 11.7 Å². The fourth-order valence-corrected chi connectivity index (χ4v) is 2.09. The van der Waals surface area contributed by atoms with Crippen molar-refractivity contribution in [3.63, 3.8) is 0 Å². The Bertz CT molecular complexity index is 516. The lowest BCUT2D eigenvalue weighted by atomic mass is 10.1. The molecule has 0 spiro atoms. The SMILES string of the molecule is O=C(Nc1ccc(F)c(C(=O)O)c1)NC1CCNCC1. The van der Waals surface area contributed by atoms with Crippen molar-refractivity contribution in [1.82, 2.24) is 10.6 Å². The molecule has 20 heavy (non-hydrogen) atoms. The van der Waals surface area contributed by atoms with Gasteiger partial charge in [0.25, 0.3) is 0 Å². The predicted octanol–water partition coefficient (Wildman–Crippen LogP) is 1.40. The second kappa shape index (κ2) is 6.33. The van der Waals surface area contributed by atoms with Crippen LogP contribution in [0.15, 0.2) is 18.2 Å². The van der Waals surface area contributed by atoms with E-state index in [1.54, 1.807) is 0 Å². The van der Waals surface area contributed by atoms with Crippen molar-refractivity contribution in [2.75, 3.05) is 18.4 Å². The first-order valence-corrected chi connectivity index (χ1v) is 6.37. The van der Waals surface area contributed by atoms with Gasteiger partial charge < -0.3 is 21.1 Å². The Hall–Kier alpha value is -2.15. The van der Waals surface area contributed by atoms with Crippen LogP contribution in [0.3, 0.4) is 0 Å². The van der Waals surface area contributed by atoms with Crippen LogP contribution in [-0.4, -0.2) is 36.2 Å². The molecule has 0 bridgehead atoms. The Labute approximate surface area is 115 Å². The number of rotatable bonds is 3. The second-order valence-corrected chi connectivity index (χ2v) is 4.62. The fraction of sp³-hybridized carbons (Fsp3) is 0.385. The summed E-state index contributed by atoms with van der Waals surface area (Å²) in [5.74, 6) is -2.20. The molecule has 0 radical (unpaired) electrons. The van der Waals surface area contributed by atoms with Crippen molar-refractivity contribution in [2.24, 2.45) is 0 Å². The third-order valence-electron chi connectivity index (χ3n) is 3.13. The quantitative estimate of drug-likeness (QED) is 0.674. The molecule has 1 aromatic rings. The lowest BCUT2D eigenvalue weighted by molar-refractivity contribution is 0.0692. The van der Waals surface area contributed by atoms with Crippen molar-refractivity contribution in [3.05, 3.63) is 29.6 Å². The van der Waals surface area contributed by atoms with Crippen LogP contribution in [0, 0.1) is 5.82 Å². The predicted molar refractivity (Wildman–Crippen MR) is 71.4 cm³/mol. The minimum absolute atomic E-state index is 0.0932. The van der Waals surface area contributed by atoms with Gasteiger partial charge in [-0.1, -0.05) is 0 Å². The summed E-state index contributed by atoms with van der Waals surface area (Å²) in [6.07, 6.45) is 1.69. The van der Waals surface area contributed by atoms with Gasteiger partial charge in [-0.15, -0.1) is 0 Å². The second-order valence-electron chi connectivity index (χ2n) is 4.62. The van der Waals surface area contributed by atoms with E-state index in [-0.39, 0.29) is 11.7 Å². The molecule has 108 valence electrons. The molecule has 0 aliphatic carbocycles. The van der Waals surface area contributed by atoms with Gasteiger partial charge >= 0.3 is 12.0 Å². The van der Waals surface area contributed by atoms with Crippen LogP contribution in [-0.2, 0) is 0 Å². The summed E-state index contributed by atoms with van der Waals surface area (Å²) in [5, 5.41) is 17.3. The molecule has 4 N–H and O–H groups in total. The maximum atomic E-state index is 13.2. The van der Waals surface area contributed by atoms with Crippen molar-refractivity contribution in [3.8, 4) is 0 Å². The monoisotopic (exact) mass is 281 g/mol. The van der Waals surface area contributed by atoms with E-state index in [9.17, 15) is 14.0 Å². The number of carboxylic acid groups (broad SMARTS) is 1. The molecule has 1 saturated heterocycles. The third kappa shape index (κ3) is 3.67. The number of benzene rings is 1. The number of carbonyl (C=O) groups excluding carboxylic acids is 1. The maximum absolute atomic E-state index is 13.2. The largest absolute Gasteiger partial charge is 0.478 e. The zero-order valence-electron chi connectivity index (χ0n) is 10.8. The van der Waals surface area contributed by atoms with E-state index in [4.69, 9.17) is 5.11 Å². The zero-order valence-corrected chi connectivity index (χ0v) is 10.8. The highest BCUT2D eigenvalue weighted by Gasteiger charge is 2.16. The molecule has 6 nitrogen and oxygen atoms in total. The number of amides is 2. The molecule has 7 heteroatoms. The van der Waals surface area contributed by atoms with E-state index < -0.39 is 23.4 Å². The highest BCUT2D eigenvalue weighted by molar-refractivity contribution is 5.93. The molecule has 1 heterocycles. The summed E-state index contributed by atoms with van der Waals surface area (Å²) >= 11 is 0. The first kappa shape index (κ1) is 14.3. The number of piperidine rings is 1. The minimum Gasteiger partial charge on any atom is -0.478 e. The average Bonchev–Trinajstić information content (AvgIpc) is 2.41. The number of urea groups is 1. The van der Waals surface area contributed by atoms with Gasteiger partial charge in [0.1, 0.15) is 5.82 Å². The Morgan fingerprint density at radius 2 is 2.00 bits per heavy atom. The molecule has 2 rings (SSSR count). The summed E-state index contributed by atoms with van der Waals surface area (Å²) in [6, 6.07) is 3.11. The van der Waals surface area contributed by atoms with Crippen molar-refractivity contribution in [2.45, 2.75) is 18.9 Å². The van der Waals surface area contributed by atoms with E-state index in [2.05, 4.69) is 16.0 Å². The van der Waals surface area contributed by atoms with Crippen LogP contribution in [0.5, 0.6) is 0 Å². The minimum atomic E-state index is -1.37. The number of anilines is 1. The molecular formula is C13H16FN3O3.